The molecule has 0 atom stereocenters. The number of nitrogens with zero attached hydrogens (tertiary/aromatic N) is 2. The highest BCUT2D eigenvalue weighted by Gasteiger charge is 2.14. The fraction of sp³-hybridized carbons (Fsp3) is 0.182. The summed E-state index contributed by atoms with van der Waals surface area (Å²) in [5.41, 5.74) is 0.0621. The van der Waals surface area contributed by atoms with Gasteiger partial charge < -0.3 is 5.32 Å². The third-order valence-corrected chi connectivity index (χ3v) is 3.13. The second kappa shape index (κ2) is 5.54. The maximum atomic E-state index is 12.9. The number of nitro benzene ring substituents is 1. The van der Waals surface area contributed by atoms with Crippen LogP contribution in [0, 0.1) is 15.9 Å². The normalized spacial score (nSPS) is 10.3. The maximum Gasteiger partial charge on any atom is 0.295 e. The van der Waals surface area contributed by atoms with Crippen LogP contribution < -0.4 is 5.32 Å². The molecule has 2 rings (SSSR count). The summed E-state index contributed by atoms with van der Waals surface area (Å²) in [4.78, 5) is 14.3. The first kappa shape index (κ1) is 12.4. The van der Waals surface area contributed by atoms with Gasteiger partial charge in [-0.05, 0) is 12.1 Å². The lowest BCUT2D eigenvalue weighted by molar-refractivity contribution is -0.384. The van der Waals surface area contributed by atoms with Crippen molar-refractivity contribution in [2.24, 2.45) is 0 Å². The van der Waals surface area contributed by atoms with Crippen molar-refractivity contribution in [1.29, 1.82) is 0 Å². The van der Waals surface area contributed by atoms with Crippen LogP contribution in [0.4, 0.5) is 15.8 Å². The summed E-state index contributed by atoms with van der Waals surface area (Å²) in [6.07, 6.45) is 2.38. The molecule has 0 fully saturated rings. The zero-order valence-corrected chi connectivity index (χ0v) is 10.1. The molecule has 0 bridgehead atoms. The Bertz CT molecular complexity index is 545. The van der Waals surface area contributed by atoms with Gasteiger partial charge in [0.25, 0.3) is 5.69 Å². The lowest BCUT2D eigenvalue weighted by atomic mass is 10.2. The van der Waals surface area contributed by atoms with Crippen molar-refractivity contribution in [2.75, 3.05) is 11.9 Å². The van der Waals surface area contributed by atoms with Gasteiger partial charge in [0, 0.05) is 24.5 Å². The Hall–Kier alpha value is -2.02. The molecule has 0 aliphatic heterocycles. The van der Waals surface area contributed by atoms with Crippen LogP contribution in [0.15, 0.2) is 29.8 Å². The minimum absolute atomic E-state index is 0.255. The van der Waals surface area contributed by atoms with Gasteiger partial charge in [-0.2, -0.15) is 0 Å². The number of hydrogen-bond acceptors (Lipinski definition) is 5. The highest BCUT2D eigenvalue weighted by atomic mass is 32.1. The first-order valence-corrected chi connectivity index (χ1v) is 6.11. The number of halogens is 1. The van der Waals surface area contributed by atoms with E-state index in [1.54, 1.807) is 6.20 Å². The minimum atomic E-state index is -0.618. The molecule has 1 aromatic carbocycles. The van der Waals surface area contributed by atoms with Gasteiger partial charge in [0.15, 0.2) is 0 Å². The molecule has 0 saturated heterocycles. The van der Waals surface area contributed by atoms with E-state index in [1.807, 2.05) is 5.38 Å². The van der Waals surface area contributed by atoms with Crippen molar-refractivity contribution in [3.8, 4) is 0 Å². The Labute approximate surface area is 106 Å². The van der Waals surface area contributed by atoms with Gasteiger partial charge in [0.05, 0.1) is 16.0 Å². The van der Waals surface area contributed by atoms with Gasteiger partial charge in [-0.25, -0.2) is 9.37 Å². The number of nitro groups is 1. The van der Waals surface area contributed by atoms with Crippen LogP contribution in [0.1, 0.15) is 5.01 Å². The van der Waals surface area contributed by atoms with Crippen molar-refractivity contribution in [2.45, 2.75) is 6.42 Å². The molecule has 0 spiro atoms. The fourth-order valence-corrected chi connectivity index (χ4v) is 2.11. The number of nitrogens with one attached hydrogen (secondary N) is 1. The van der Waals surface area contributed by atoms with Gasteiger partial charge in [-0.1, -0.05) is 0 Å². The molecule has 0 aliphatic carbocycles. The Morgan fingerprint density at radius 2 is 2.33 bits per heavy atom. The molecule has 5 nitrogen and oxygen atoms in total. The molecule has 0 unspecified atom stereocenters. The van der Waals surface area contributed by atoms with E-state index in [-0.39, 0.29) is 5.69 Å². The molecule has 7 heteroatoms. The Morgan fingerprint density at radius 1 is 1.50 bits per heavy atom. The van der Waals surface area contributed by atoms with Gasteiger partial charge in [0.1, 0.15) is 11.5 Å². The Morgan fingerprint density at radius 3 is 3.00 bits per heavy atom. The highest BCUT2D eigenvalue weighted by molar-refractivity contribution is 7.09. The fourth-order valence-electron chi connectivity index (χ4n) is 1.49. The molecule has 0 aliphatic rings. The van der Waals surface area contributed by atoms with Gasteiger partial charge in [-0.15, -0.1) is 11.3 Å². The quantitative estimate of drug-likeness (QED) is 0.668. The van der Waals surface area contributed by atoms with E-state index in [0.717, 1.165) is 11.1 Å². The number of thiazole rings is 1. The number of anilines is 1. The average Bonchev–Trinajstić information content (AvgIpc) is 2.84. The summed E-state index contributed by atoms with van der Waals surface area (Å²) in [6.45, 7) is 0.514. The van der Waals surface area contributed by atoms with Gasteiger partial charge >= 0.3 is 0 Å². The van der Waals surface area contributed by atoms with Gasteiger partial charge in [0.2, 0.25) is 0 Å². The zero-order chi connectivity index (χ0) is 13.0. The molecule has 0 saturated carbocycles. The molecular formula is C11H10FN3O2S. The van der Waals surface area contributed by atoms with E-state index >= 15 is 0 Å². The lowest BCUT2D eigenvalue weighted by Crippen LogP contribution is -2.06. The molecule has 94 valence electrons. The largest absolute Gasteiger partial charge is 0.379 e. The summed E-state index contributed by atoms with van der Waals surface area (Å²) in [6, 6.07) is 3.47. The maximum absolute atomic E-state index is 12.9. The smallest absolute Gasteiger partial charge is 0.295 e. The first-order valence-electron chi connectivity index (χ1n) is 5.23. The van der Waals surface area contributed by atoms with Crippen LogP contribution in [0.5, 0.6) is 0 Å². The average molecular weight is 267 g/mol. The van der Waals surface area contributed by atoms with Crippen LogP contribution in [-0.4, -0.2) is 16.5 Å². The molecule has 2 aromatic rings. The third-order valence-electron chi connectivity index (χ3n) is 2.29. The van der Waals surface area contributed by atoms with Crippen LogP contribution in [0.3, 0.4) is 0 Å². The van der Waals surface area contributed by atoms with E-state index in [1.165, 1.54) is 23.5 Å². The number of rotatable bonds is 5. The summed E-state index contributed by atoms with van der Waals surface area (Å²) < 4.78 is 12.9. The van der Waals surface area contributed by atoms with Crippen LogP contribution in [0.25, 0.3) is 0 Å². The Balaban J connectivity index is 2.02. The van der Waals surface area contributed by atoms with Crippen LogP contribution in [-0.2, 0) is 6.42 Å². The number of aromatic nitrogens is 1. The molecule has 1 heterocycles. The number of hydrogen-bond donors (Lipinski definition) is 1. The second-order valence-corrected chi connectivity index (χ2v) is 4.50. The lowest BCUT2D eigenvalue weighted by Gasteiger charge is -2.05. The van der Waals surface area contributed by atoms with Crippen molar-refractivity contribution in [1.82, 2.24) is 4.98 Å². The topological polar surface area (TPSA) is 68.1 Å². The standard InChI is InChI=1S/C11H10FN3O2S/c12-8-1-2-9(10(7-8)15(16)17)13-4-3-11-14-5-6-18-11/h1-2,5-7,13H,3-4H2. The monoisotopic (exact) mass is 267 g/mol. The molecule has 1 N–H and O–H groups in total. The third kappa shape index (κ3) is 3.01. The molecule has 1 aromatic heterocycles. The molecular weight excluding hydrogens is 257 g/mol. The molecule has 0 amide bonds. The minimum Gasteiger partial charge on any atom is -0.379 e. The predicted octanol–water partition coefficient (Wildman–Crippen LogP) is 2.85. The van der Waals surface area contributed by atoms with E-state index in [2.05, 4.69) is 10.3 Å². The van der Waals surface area contributed by atoms with E-state index < -0.39 is 10.7 Å². The first-order chi connectivity index (χ1) is 8.66. The van der Waals surface area contributed by atoms with E-state index in [4.69, 9.17) is 0 Å². The summed E-state index contributed by atoms with van der Waals surface area (Å²) in [5.74, 6) is -0.618. The Kier molecular flexibility index (Phi) is 3.83. The van der Waals surface area contributed by atoms with Crippen molar-refractivity contribution in [3.05, 3.63) is 50.7 Å². The SMILES string of the molecule is O=[N+]([O-])c1cc(F)ccc1NCCc1nccs1. The summed E-state index contributed by atoms with van der Waals surface area (Å²) >= 11 is 1.53. The zero-order valence-electron chi connectivity index (χ0n) is 9.30. The van der Waals surface area contributed by atoms with Crippen LogP contribution in [0.2, 0.25) is 0 Å². The van der Waals surface area contributed by atoms with Crippen molar-refractivity contribution >= 4 is 22.7 Å². The van der Waals surface area contributed by atoms with E-state index in [9.17, 15) is 14.5 Å². The summed E-state index contributed by atoms with van der Waals surface area (Å²) in [5, 5.41) is 16.5. The molecule has 0 radical (unpaired) electrons. The van der Waals surface area contributed by atoms with E-state index in [0.29, 0.717) is 18.7 Å². The van der Waals surface area contributed by atoms with Crippen molar-refractivity contribution in [3.63, 3.8) is 0 Å². The van der Waals surface area contributed by atoms with Crippen molar-refractivity contribution < 1.29 is 9.31 Å². The predicted molar refractivity (Wildman–Crippen MR) is 67.4 cm³/mol. The van der Waals surface area contributed by atoms with Crippen LogP contribution >= 0.6 is 11.3 Å². The second-order valence-electron chi connectivity index (χ2n) is 3.52. The van der Waals surface area contributed by atoms with Gasteiger partial charge in [-0.3, -0.25) is 10.1 Å². The summed E-state index contributed by atoms with van der Waals surface area (Å²) in [7, 11) is 0. The number of benzene rings is 1. The molecule has 18 heavy (non-hydrogen) atoms. The highest BCUT2D eigenvalue weighted by Crippen LogP contribution is 2.24.